The fraction of sp³-hybridized carbons (Fsp3) is 0.625. The number of hydrogen-bond donors (Lipinski definition) is 4. The number of aliphatic hydroxyl groups excluding tert-OH is 3. The summed E-state index contributed by atoms with van der Waals surface area (Å²) in [6, 6.07) is 0. The number of primary amides is 1. The van der Waals surface area contributed by atoms with Crippen LogP contribution in [0.2, 0.25) is 0 Å². The number of carbonyl (C=O) groups excluding carboxylic acids is 1. The second-order valence-corrected chi connectivity index (χ2v) is 3.58. The molecule has 0 unspecified atom stereocenters. The largest absolute Gasteiger partial charge is 0.394 e. The van der Waals surface area contributed by atoms with Gasteiger partial charge in [-0.15, -0.1) is 0 Å². The summed E-state index contributed by atoms with van der Waals surface area (Å²) in [7, 11) is 0. The van der Waals surface area contributed by atoms with E-state index in [1.54, 1.807) is 0 Å². The Hall–Kier alpha value is -1.55. The Morgan fingerprint density at radius 3 is 2.59 bits per heavy atom. The van der Waals surface area contributed by atoms with Crippen LogP contribution in [0.3, 0.4) is 0 Å². The van der Waals surface area contributed by atoms with E-state index in [0.29, 0.717) is 0 Å². The Bertz CT molecular complexity index is 421. The molecule has 0 bridgehead atoms. The topological polar surface area (TPSA) is 152 Å². The van der Waals surface area contributed by atoms with Gasteiger partial charge in [0.1, 0.15) is 18.3 Å². The van der Waals surface area contributed by atoms with E-state index < -0.39 is 36.9 Å². The highest BCUT2D eigenvalue weighted by molar-refractivity contribution is 5.88. The van der Waals surface area contributed by atoms with Gasteiger partial charge in [0.2, 0.25) is 0 Å². The van der Waals surface area contributed by atoms with E-state index in [0.717, 1.165) is 0 Å². The molecule has 2 heterocycles. The molecule has 9 heteroatoms. The molecule has 5 N–H and O–H groups in total. The summed E-state index contributed by atoms with van der Waals surface area (Å²) in [6.07, 6.45) is -4.64. The molecule has 0 aromatic carbocycles. The Morgan fingerprint density at radius 1 is 1.41 bits per heavy atom. The molecule has 1 amide bonds. The third-order valence-electron chi connectivity index (χ3n) is 2.45. The van der Waals surface area contributed by atoms with Gasteiger partial charge >= 0.3 is 0 Å². The average molecular weight is 245 g/mol. The zero-order chi connectivity index (χ0) is 12.6. The summed E-state index contributed by atoms with van der Waals surface area (Å²) in [4.78, 5) is 14.4. The zero-order valence-electron chi connectivity index (χ0n) is 8.55. The first-order valence-electron chi connectivity index (χ1n) is 4.80. The lowest BCUT2D eigenvalue weighted by Gasteiger charge is -2.10. The molecule has 2 rings (SSSR count). The van der Waals surface area contributed by atoms with Gasteiger partial charge in [0.15, 0.2) is 6.10 Å². The Balaban J connectivity index is 2.19. The van der Waals surface area contributed by atoms with Crippen molar-refractivity contribution in [2.75, 3.05) is 6.61 Å². The summed E-state index contributed by atoms with van der Waals surface area (Å²) in [5.41, 5.74) is 4.92. The van der Waals surface area contributed by atoms with Crippen LogP contribution in [-0.4, -0.2) is 56.3 Å². The molecule has 1 aromatic heterocycles. The maximum Gasteiger partial charge on any atom is 0.290 e. The molecule has 9 nitrogen and oxygen atoms in total. The number of aromatic nitrogens is 2. The van der Waals surface area contributed by atoms with Gasteiger partial charge in [-0.05, 0) is 0 Å². The number of carbonyl (C=O) groups is 1. The van der Waals surface area contributed by atoms with Gasteiger partial charge in [-0.1, -0.05) is 5.16 Å². The van der Waals surface area contributed by atoms with Crippen molar-refractivity contribution < 1.29 is 29.4 Å². The van der Waals surface area contributed by atoms with Gasteiger partial charge in [-0.3, -0.25) is 4.79 Å². The first kappa shape index (κ1) is 11.9. The molecule has 1 aliphatic rings. The number of aliphatic hydroxyl groups is 3. The number of nitrogens with two attached hydrogens (primary N) is 1. The van der Waals surface area contributed by atoms with E-state index in [-0.39, 0.29) is 11.7 Å². The molecule has 1 fully saturated rings. The van der Waals surface area contributed by atoms with Crippen molar-refractivity contribution in [2.45, 2.75) is 24.4 Å². The van der Waals surface area contributed by atoms with Gasteiger partial charge in [0.05, 0.1) is 6.61 Å². The van der Waals surface area contributed by atoms with E-state index in [4.69, 9.17) is 15.6 Å². The predicted molar refractivity (Wildman–Crippen MR) is 49.5 cm³/mol. The number of amides is 1. The van der Waals surface area contributed by atoms with E-state index in [2.05, 4.69) is 14.7 Å². The highest BCUT2D eigenvalue weighted by Gasteiger charge is 2.45. The molecule has 0 saturated carbocycles. The van der Waals surface area contributed by atoms with Crippen LogP contribution in [0.1, 0.15) is 22.6 Å². The van der Waals surface area contributed by atoms with Crippen LogP contribution >= 0.6 is 0 Å². The first-order valence-corrected chi connectivity index (χ1v) is 4.80. The standard InChI is InChI=1S/C8H11N3O6/c9-6(15)7-10-8(17-11-7)5-4(14)3(13)2(1-12)16-5/h2-5,12-14H,1H2,(H2,9,15)/t2-,3-,4-,5-/m1/s1. The van der Waals surface area contributed by atoms with Crippen LogP contribution in [0.15, 0.2) is 4.52 Å². The summed E-state index contributed by atoms with van der Waals surface area (Å²) in [5.74, 6) is -1.41. The zero-order valence-corrected chi connectivity index (χ0v) is 8.55. The minimum atomic E-state index is -1.33. The number of nitrogens with zero attached hydrogens (tertiary/aromatic N) is 2. The molecule has 0 aliphatic carbocycles. The average Bonchev–Trinajstić information content (AvgIpc) is 2.87. The highest BCUT2D eigenvalue weighted by atomic mass is 16.6. The van der Waals surface area contributed by atoms with E-state index in [1.165, 1.54) is 0 Å². The van der Waals surface area contributed by atoms with Crippen LogP contribution < -0.4 is 5.73 Å². The molecule has 17 heavy (non-hydrogen) atoms. The van der Waals surface area contributed by atoms with Crippen molar-refractivity contribution in [3.05, 3.63) is 11.7 Å². The van der Waals surface area contributed by atoms with E-state index in [9.17, 15) is 15.0 Å². The minimum absolute atomic E-state index is 0.179. The minimum Gasteiger partial charge on any atom is -0.394 e. The Kier molecular flexibility index (Phi) is 3.07. The van der Waals surface area contributed by atoms with Crippen molar-refractivity contribution in [3.63, 3.8) is 0 Å². The molecule has 4 atom stereocenters. The number of ether oxygens (including phenoxy) is 1. The van der Waals surface area contributed by atoms with Gasteiger partial charge in [-0.25, -0.2) is 0 Å². The van der Waals surface area contributed by atoms with Gasteiger partial charge < -0.3 is 30.3 Å². The maximum atomic E-state index is 10.7. The summed E-state index contributed by atoms with van der Waals surface area (Å²) in [5, 5.41) is 31.3. The fourth-order valence-corrected chi connectivity index (χ4v) is 1.55. The lowest BCUT2D eigenvalue weighted by molar-refractivity contribution is -0.0325. The quantitative estimate of drug-likeness (QED) is 0.449. The normalized spacial score (nSPS) is 32.9. The van der Waals surface area contributed by atoms with Crippen LogP contribution in [0.5, 0.6) is 0 Å². The lowest BCUT2D eigenvalue weighted by Crippen LogP contribution is -2.32. The van der Waals surface area contributed by atoms with Crippen LogP contribution in [0, 0.1) is 0 Å². The smallest absolute Gasteiger partial charge is 0.290 e. The van der Waals surface area contributed by atoms with Crippen molar-refractivity contribution in [2.24, 2.45) is 5.73 Å². The molecular formula is C8H11N3O6. The number of rotatable bonds is 3. The van der Waals surface area contributed by atoms with Crippen LogP contribution in [0.4, 0.5) is 0 Å². The summed E-state index contributed by atoms with van der Waals surface area (Å²) in [6.45, 7) is -0.467. The molecule has 94 valence electrons. The molecule has 1 saturated heterocycles. The Labute approximate surface area is 94.8 Å². The SMILES string of the molecule is NC(=O)c1noc([C@@H]2O[C@H](CO)[C@@H](O)[C@H]2O)n1. The fourth-order valence-electron chi connectivity index (χ4n) is 1.55. The van der Waals surface area contributed by atoms with Crippen molar-refractivity contribution in [1.82, 2.24) is 10.1 Å². The summed E-state index contributed by atoms with van der Waals surface area (Å²) < 4.78 is 9.80. The molecule has 0 radical (unpaired) electrons. The molecule has 1 aromatic rings. The van der Waals surface area contributed by atoms with Gasteiger partial charge in [-0.2, -0.15) is 4.98 Å². The first-order chi connectivity index (χ1) is 8.04. The van der Waals surface area contributed by atoms with E-state index in [1.807, 2.05) is 0 Å². The number of hydrogen-bond acceptors (Lipinski definition) is 8. The predicted octanol–water partition coefficient (Wildman–Crippen LogP) is -2.68. The molecule has 0 spiro atoms. The van der Waals surface area contributed by atoms with Gasteiger partial charge in [0.25, 0.3) is 17.6 Å². The third-order valence-corrected chi connectivity index (χ3v) is 2.45. The monoisotopic (exact) mass is 245 g/mol. The third kappa shape index (κ3) is 2.00. The highest BCUT2D eigenvalue weighted by Crippen LogP contribution is 2.32. The van der Waals surface area contributed by atoms with Crippen LogP contribution in [-0.2, 0) is 4.74 Å². The van der Waals surface area contributed by atoms with E-state index >= 15 is 0 Å². The Morgan fingerprint density at radius 2 is 2.12 bits per heavy atom. The van der Waals surface area contributed by atoms with Crippen molar-refractivity contribution in [1.29, 1.82) is 0 Å². The maximum absolute atomic E-state index is 10.7. The van der Waals surface area contributed by atoms with Crippen molar-refractivity contribution in [3.8, 4) is 0 Å². The second-order valence-electron chi connectivity index (χ2n) is 3.58. The van der Waals surface area contributed by atoms with Crippen molar-refractivity contribution >= 4 is 5.91 Å². The van der Waals surface area contributed by atoms with Crippen LogP contribution in [0.25, 0.3) is 0 Å². The molecular weight excluding hydrogens is 234 g/mol. The van der Waals surface area contributed by atoms with Gasteiger partial charge in [0, 0.05) is 0 Å². The second kappa shape index (κ2) is 4.37. The molecule has 1 aliphatic heterocycles. The lowest BCUT2D eigenvalue weighted by atomic mass is 10.1. The summed E-state index contributed by atoms with van der Waals surface area (Å²) >= 11 is 0.